The molecule has 4 heterocycles. The first-order valence-corrected chi connectivity index (χ1v) is 22.5. The molecule has 1 aliphatic carbocycles. The lowest BCUT2D eigenvalue weighted by Gasteiger charge is -2.36. The summed E-state index contributed by atoms with van der Waals surface area (Å²) < 4.78 is 33.8. The number of nitrogens with one attached hydrogen (secondary N) is 3. The Kier molecular flexibility index (Phi) is 14.4. The third-order valence-electron chi connectivity index (χ3n) is 11.8. The van der Waals surface area contributed by atoms with E-state index >= 15 is 0 Å². The molecule has 69 heavy (non-hydrogen) atoms. The molecule has 4 unspecified atom stereocenters. The number of benzene rings is 2. The number of rotatable bonds is 16. The Bertz CT molecular complexity index is 2790. The Balaban J connectivity index is 0.907. The van der Waals surface area contributed by atoms with Crippen LogP contribution >= 0.6 is 11.8 Å². The molecule has 2 aromatic carbocycles. The third-order valence-corrected chi connectivity index (χ3v) is 13.1. The molecule has 7 rings (SSSR count). The number of hydrogen-bond acceptors (Lipinski definition) is 14. The number of carbonyl (C=O) groups excluding carboxylic acids is 8. The molecule has 0 radical (unpaired) electrons. The average molecular weight is 967 g/mol. The Labute approximate surface area is 395 Å². The highest BCUT2D eigenvalue weighted by Gasteiger charge is 2.48. The zero-order chi connectivity index (χ0) is 49.9. The number of carbonyl (C=O) groups is 9. The van der Waals surface area contributed by atoms with Crippen LogP contribution in [0.4, 0.5) is 14.5 Å². The smallest absolute Gasteiger partial charge is 0.327 e. The number of ketones is 1. The van der Waals surface area contributed by atoms with Crippen molar-refractivity contribution in [2.24, 2.45) is 5.92 Å². The Morgan fingerprint density at radius 2 is 1.77 bits per heavy atom. The van der Waals surface area contributed by atoms with Gasteiger partial charge in [-0.05, 0) is 61.4 Å². The fourth-order valence-corrected chi connectivity index (χ4v) is 9.54. The van der Waals surface area contributed by atoms with E-state index < -0.39 is 114 Å². The van der Waals surface area contributed by atoms with Gasteiger partial charge in [0.25, 0.3) is 11.8 Å². The van der Waals surface area contributed by atoms with E-state index in [4.69, 9.17) is 4.74 Å². The van der Waals surface area contributed by atoms with Crippen molar-refractivity contribution < 1.29 is 66.9 Å². The second-order valence-electron chi connectivity index (χ2n) is 16.7. The molecule has 6 amide bonds. The quantitative estimate of drug-likeness (QED) is 0.149. The molecule has 22 heteroatoms. The summed E-state index contributed by atoms with van der Waals surface area (Å²) in [7, 11) is 0. The lowest BCUT2D eigenvalue weighted by molar-refractivity contribution is -0.255. The van der Waals surface area contributed by atoms with E-state index in [1.54, 1.807) is 24.3 Å². The van der Waals surface area contributed by atoms with E-state index in [-0.39, 0.29) is 52.6 Å². The summed E-state index contributed by atoms with van der Waals surface area (Å²) in [6.07, 6.45) is 3.57. The number of aromatic carboxylic acids is 1. The van der Waals surface area contributed by atoms with Gasteiger partial charge in [-0.25, -0.2) is 18.5 Å². The normalized spacial score (nSPS) is 20.9. The molecule has 6 atom stereocenters. The number of allylic oxidation sites excluding steroid dienone is 3. The van der Waals surface area contributed by atoms with Crippen LogP contribution in [0, 0.1) is 24.2 Å². The first kappa shape index (κ1) is 49.1. The average Bonchev–Trinajstić information content (AvgIpc) is 3.79. The van der Waals surface area contributed by atoms with Gasteiger partial charge >= 0.3 is 5.97 Å². The predicted molar refractivity (Wildman–Crippen MR) is 236 cm³/mol. The number of ether oxygens (including phenoxy) is 1. The SMILES string of the molecule is Cc1ccc2c(c1)OC1=CC(=O)C=CC1C2c1ccc(N2C(=O)CC(SCC(NC(=O)CCC(=O)NCc3cc(C(=O)N[C@@H](C)C(=O)N4CC(F)(F)C[C@H]4C#N)ccn3)C(=O)O)C2=O)cc1C(=O)[O-]. The zero-order valence-electron chi connectivity index (χ0n) is 36.7. The van der Waals surface area contributed by atoms with Crippen LogP contribution in [0.1, 0.15) is 81.6 Å². The number of aryl methyl sites for hydroxylation is 1. The van der Waals surface area contributed by atoms with Gasteiger partial charge < -0.3 is 40.6 Å². The van der Waals surface area contributed by atoms with Crippen molar-refractivity contribution in [3.05, 3.63) is 112 Å². The lowest BCUT2D eigenvalue weighted by Crippen LogP contribution is -2.48. The van der Waals surface area contributed by atoms with E-state index in [0.717, 1.165) is 33.2 Å². The van der Waals surface area contributed by atoms with E-state index in [1.165, 1.54) is 49.5 Å². The number of pyridine rings is 1. The highest BCUT2D eigenvalue weighted by atomic mass is 32.2. The summed E-state index contributed by atoms with van der Waals surface area (Å²) in [5, 5.41) is 37.9. The minimum atomic E-state index is -3.24. The van der Waals surface area contributed by atoms with Gasteiger partial charge in [-0.3, -0.25) is 38.5 Å². The molecular weight excluding hydrogens is 925 g/mol. The van der Waals surface area contributed by atoms with Crippen molar-refractivity contribution in [3.8, 4) is 11.8 Å². The number of thioether (sulfide) groups is 1. The second kappa shape index (κ2) is 20.2. The number of carboxylic acids is 2. The van der Waals surface area contributed by atoms with Crippen LogP contribution in [0.3, 0.4) is 0 Å². The zero-order valence-corrected chi connectivity index (χ0v) is 37.5. The summed E-state index contributed by atoms with van der Waals surface area (Å²) in [5.41, 5.74) is 1.64. The van der Waals surface area contributed by atoms with Crippen molar-refractivity contribution in [2.75, 3.05) is 17.2 Å². The summed E-state index contributed by atoms with van der Waals surface area (Å²) in [6.45, 7) is 1.98. The van der Waals surface area contributed by atoms with E-state index in [1.807, 2.05) is 13.0 Å². The topological polar surface area (TPSA) is 285 Å². The van der Waals surface area contributed by atoms with Crippen LogP contribution in [-0.2, 0) is 40.1 Å². The molecule has 3 aliphatic heterocycles. The van der Waals surface area contributed by atoms with Crippen LogP contribution in [0.25, 0.3) is 0 Å². The first-order valence-electron chi connectivity index (χ1n) is 21.4. The Hall–Kier alpha value is -7.80. The second-order valence-corrected chi connectivity index (χ2v) is 18.0. The summed E-state index contributed by atoms with van der Waals surface area (Å²) in [6, 6.07) is 9.61. The molecular formula is C47H42F2N7O12S-. The molecule has 19 nitrogen and oxygen atoms in total. The molecule has 2 saturated heterocycles. The minimum absolute atomic E-state index is 0.0203. The van der Waals surface area contributed by atoms with Crippen LogP contribution in [0.15, 0.2) is 78.7 Å². The number of hydrogen-bond donors (Lipinski definition) is 4. The van der Waals surface area contributed by atoms with Crippen molar-refractivity contribution >= 4 is 70.6 Å². The Morgan fingerprint density at radius 3 is 2.49 bits per heavy atom. The number of imide groups is 1. The minimum Gasteiger partial charge on any atom is -0.545 e. The molecule has 0 bridgehead atoms. The number of alkyl halides is 2. The van der Waals surface area contributed by atoms with Gasteiger partial charge in [-0.2, -0.15) is 5.26 Å². The number of nitriles is 1. The highest BCUT2D eigenvalue weighted by molar-refractivity contribution is 8.00. The Morgan fingerprint density at radius 1 is 1.03 bits per heavy atom. The fourth-order valence-electron chi connectivity index (χ4n) is 8.38. The molecule has 0 spiro atoms. The number of fused-ring (bicyclic) bond motifs is 2. The molecule has 358 valence electrons. The molecule has 4 N–H and O–H groups in total. The maximum Gasteiger partial charge on any atom is 0.327 e. The molecule has 3 aromatic rings. The number of amides is 6. The first-order chi connectivity index (χ1) is 32.7. The van der Waals surface area contributed by atoms with Crippen molar-refractivity contribution in [3.63, 3.8) is 0 Å². The number of aromatic nitrogens is 1. The predicted octanol–water partition coefficient (Wildman–Crippen LogP) is 1.83. The molecule has 2 fully saturated rings. The summed E-state index contributed by atoms with van der Waals surface area (Å²) in [4.78, 5) is 121. The fraction of sp³-hybridized carbons (Fsp3) is 0.340. The van der Waals surface area contributed by atoms with Gasteiger partial charge in [0.1, 0.15) is 29.6 Å². The van der Waals surface area contributed by atoms with Gasteiger partial charge in [0.05, 0.1) is 41.8 Å². The summed E-state index contributed by atoms with van der Waals surface area (Å²) >= 11 is 0.795. The van der Waals surface area contributed by atoms with Crippen molar-refractivity contribution in [1.29, 1.82) is 5.26 Å². The maximum absolute atomic E-state index is 13.8. The lowest BCUT2D eigenvalue weighted by atomic mass is 9.74. The molecule has 1 aromatic heterocycles. The van der Waals surface area contributed by atoms with Crippen LogP contribution in [0.5, 0.6) is 5.75 Å². The molecule has 0 saturated carbocycles. The van der Waals surface area contributed by atoms with Gasteiger partial charge in [-0.15, -0.1) is 11.8 Å². The van der Waals surface area contributed by atoms with Crippen LogP contribution < -0.4 is 30.7 Å². The highest BCUT2D eigenvalue weighted by Crippen LogP contribution is 2.49. The van der Waals surface area contributed by atoms with Gasteiger partial charge in [0, 0.05) is 72.2 Å². The van der Waals surface area contributed by atoms with Gasteiger partial charge in [0.15, 0.2) is 5.78 Å². The number of nitrogens with zero attached hydrogens (tertiary/aromatic N) is 4. The number of likely N-dealkylation sites (tertiary alicyclic amines) is 1. The van der Waals surface area contributed by atoms with Crippen molar-refractivity contribution in [2.45, 2.75) is 81.3 Å². The summed E-state index contributed by atoms with van der Waals surface area (Å²) in [5.74, 6) is -11.9. The van der Waals surface area contributed by atoms with Gasteiger partial charge in [-0.1, -0.05) is 24.3 Å². The van der Waals surface area contributed by atoms with E-state index in [0.29, 0.717) is 17.1 Å². The van der Waals surface area contributed by atoms with E-state index in [2.05, 4.69) is 20.9 Å². The van der Waals surface area contributed by atoms with E-state index in [9.17, 15) is 67.4 Å². The monoisotopic (exact) mass is 966 g/mol. The third kappa shape index (κ3) is 11.0. The van der Waals surface area contributed by atoms with Crippen LogP contribution in [-0.4, -0.2) is 110 Å². The molecule has 4 aliphatic rings. The largest absolute Gasteiger partial charge is 0.545 e. The van der Waals surface area contributed by atoms with Gasteiger partial charge in [0.2, 0.25) is 29.5 Å². The number of aliphatic carboxylic acids is 1. The maximum atomic E-state index is 13.8. The number of halogens is 2. The number of anilines is 1. The van der Waals surface area contributed by atoms with Crippen molar-refractivity contribution in [1.82, 2.24) is 25.8 Å². The number of carboxylic acid groups (broad SMARTS) is 2. The van der Waals surface area contributed by atoms with Crippen LogP contribution in [0.2, 0.25) is 0 Å². The standard InChI is InChI=1S/C47H43F2N7O12S/c1-23-3-6-31-35(13-23)68-36-16-29(57)5-8-32(36)41(31)30-7-4-27(15-33(30)45(64)65)56-40(60)17-37(44(56)63)69-21-34(46(66)67)54-39(59)10-9-38(58)52-20-26-14-25(11-12-51-26)42(61)53-24(2)43(62)55-22-47(48,49)18-28(55)19-50/h3-8,11-16,24,28,32,34,37,41H,9-10,17-18,20-22H2,1-2H3,(H,52,58)(H,53,61)(H,54,59)(H,64,65)(H,66,67)/p-1/t24-,28-,32?,34?,37?,41?/m0/s1.